The maximum Gasteiger partial charge on any atom is 0.264 e. The van der Waals surface area contributed by atoms with Gasteiger partial charge in [-0.2, -0.15) is 10.8 Å². The quantitative estimate of drug-likeness (QED) is 0.468. The predicted molar refractivity (Wildman–Crippen MR) is 131 cm³/mol. The summed E-state index contributed by atoms with van der Waals surface area (Å²) >= 11 is 0. The monoisotopic (exact) mass is 436 g/mol. The highest BCUT2D eigenvalue weighted by atomic mass is 16.3. The molecule has 1 atom stereocenters. The number of aliphatic hydroxyl groups excluding tert-OH is 1. The number of quaternary nitrogens is 1. The van der Waals surface area contributed by atoms with Crippen molar-refractivity contribution in [1.29, 1.82) is 0 Å². The summed E-state index contributed by atoms with van der Waals surface area (Å²) in [5, 5.41) is 10.6. The van der Waals surface area contributed by atoms with Crippen LogP contribution in [0, 0.1) is 18.8 Å². The Morgan fingerprint density at radius 3 is 2.67 bits per heavy atom. The van der Waals surface area contributed by atoms with Crippen molar-refractivity contribution in [2.75, 3.05) is 6.61 Å². The normalized spacial score (nSPS) is 25.8. The molecule has 3 heterocycles. The lowest BCUT2D eigenvalue weighted by Gasteiger charge is -2.33. The molecule has 0 spiro atoms. The maximum absolute atomic E-state index is 9.46. The van der Waals surface area contributed by atoms with Gasteiger partial charge in [0.05, 0.1) is 29.2 Å². The first kappa shape index (κ1) is 20.2. The van der Waals surface area contributed by atoms with Crippen molar-refractivity contribution >= 4 is 23.0 Å². The van der Waals surface area contributed by atoms with Crippen LogP contribution in [0.3, 0.4) is 0 Å². The molecule has 2 aromatic carbocycles. The van der Waals surface area contributed by atoms with E-state index in [1.807, 2.05) is 30.6 Å². The lowest BCUT2D eigenvalue weighted by Crippen LogP contribution is -2.53. The van der Waals surface area contributed by atoms with E-state index in [-0.39, 0.29) is 11.2 Å². The van der Waals surface area contributed by atoms with Gasteiger partial charge in [-0.05, 0) is 49.4 Å². The van der Waals surface area contributed by atoms with Crippen molar-refractivity contribution < 1.29 is 9.70 Å². The molecule has 1 unspecified atom stereocenters. The summed E-state index contributed by atoms with van der Waals surface area (Å²) in [5.41, 5.74) is 7.02. The minimum Gasteiger partial charge on any atom is -0.396 e. The van der Waals surface area contributed by atoms with Gasteiger partial charge in [0.1, 0.15) is 11.9 Å². The van der Waals surface area contributed by atoms with Crippen LogP contribution in [-0.2, 0) is 0 Å². The molecule has 0 radical (unpaired) electrons. The molecule has 3 N–H and O–H groups in total. The van der Waals surface area contributed by atoms with E-state index in [0.717, 1.165) is 57.8 Å². The zero-order valence-corrected chi connectivity index (χ0v) is 18.5. The number of aliphatic imine (C=N–C) groups is 2. The van der Waals surface area contributed by atoms with E-state index >= 15 is 0 Å². The van der Waals surface area contributed by atoms with Gasteiger partial charge in [0.25, 0.3) is 5.84 Å². The number of rotatable bonds is 4. The van der Waals surface area contributed by atoms with Gasteiger partial charge in [0.2, 0.25) is 5.70 Å². The Labute approximate surface area is 192 Å². The molecule has 1 aromatic heterocycles. The Morgan fingerprint density at radius 2 is 1.88 bits per heavy atom. The lowest BCUT2D eigenvalue weighted by atomic mass is 9.73. The summed E-state index contributed by atoms with van der Waals surface area (Å²) in [7, 11) is 0. The molecular formula is C27H26N5O+. The van der Waals surface area contributed by atoms with Gasteiger partial charge in [0, 0.05) is 23.5 Å². The number of aliphatic hydroxyl groups is 1. The van der Waals surface area contributed by atoms with Crippen molar-refractivity contribution in [1.82, 2.24) is 4.98 Å². The molecule has 0 saturated heterocycles. The Morgan fingerprint density at radius 1 is 1.06 bits per heavy atom. The third-order valence-corrected chi connectivity index (χ3v) is 7.05. The summed E-state index contributed by atoms with van der Waals surface area (Å²) in [6, 6.07) is 18.7. The van der Waals surface area contributed by atoms with Gasteiger partial charge in [-0.25, -0.2) is 4.98 Å². The van der Waals surface area contributed by atoms with E-state index in [1.165, 1.54) is 5.56 Å². The van der Waals surface area contributed by atoms with Crippen LogP contribution in [-0.4, -0.2) is 33.3 Å². The molecule has 2 aliphatic heterocycles. The van der Waals surface area contributed by atoms with E-state index in [9.17, 15) is 5.11 Å². The number of pyridine rings is 1. The summed E-state index contributed by atoms with van der Waals surface area (Å²) in [5.74, 6) is 8.34. The van der Waals surface area contributed by atoms with E-state index < -0.39 is 0 Å². The average molecular weight is 437 g/mol. The largest absolute Gasteiger partial charge is 0.396 e. The van der Waals surface area contributed by atoms with Gasteiger partial charge in [-0.3, -0.25) is 4.99 Å². The number of allylic oxidation sites excluding steroid dienone is 2. The van der Waals surface area contributed by atoms with Crippen LogP contribution >= 0.6 is 0 Å². The highest BCUT2D eigenvalue weighted by molar-refractivity contribution is 6.03. The number of nitrogens with two attached hydrogens (primary N) is 1. The molecule has 6 nitrogen and oxygen atoms in total. The molecule has 3 aromatic rings. The second kappa shape index (κ2) is 7.56. The van der Waals surface area contributed by atoms with E-state index in [1.54, 1.807) is 6.20 Å². The van der Waals surface area contributed by atoms with Crippen molar-refractivity contribution in [2.45, 2.75) is 19.8 Å². The minimum atomic E-state index is 0.0159. The highest BCUT2D eigenvalue weighted by Crippen LogP contribution is 2.44. The van der Waals surface area contributed by atoms with Crippen LogP contribution in [0.5, 0.6) is 0 Å². The first-order chi connectivity index (χ1) is 16.1. The molecule has 1 fully saturated rings. The summed E-state index contributed by atoms with van der Waals surface area (Å²) in [4.78, 5) is 14.4. The Kier molecular flexibility index (Phi) is 4.62. The third-order valence-electron chi connectivity index (χ3n) is 7.05. The fraction of sp³-hybridized carbons (Fsp3) is 0.222. The standard InChI is InChI=1S/C27H26N5O/c1-17-11-23(19-5-3-2-4-6-19)30-24-14-20(7-8-22(17)24)27-31-26(21-12-18(13-21)16-33)25-15-29-9-10-32(25,27)28/h2-11,14-15,18,21,33H,12-13,16,28H2,1H3/q+1. The lowest BCUT2D eigenvalue weighted by molar-refractivity contribution is -0.750. The first-order valence-electron chi connectivity index (χ1n) is 11.4. The molecular weight excluding hydrogens is 410 g/mol. The first-order valence-corrected chi connectivity index (χ1v) is 11.4. The van der Waals surface area contributed by atoms with Crippen molar-refractivity contribution in [2.24, 2.45) is 27.7 Å². The minimum absolute atomic E-state index is 0.0159. The van der Waals surface area contributed by atoms with Crippen LogP contribution in [0.25, 0.3) is 22.2 Å². The van der Waals surface area contributed by atoms with Crippen LogP contribution in [0.15, 0.2) is 88.4 Å². The number of amidine groups is 1. The zero-order valence-electron chi connectivity index (χ0n) is 18.5. The van der Waals surface area contributed by atoms with Gasteiger partial charge in [-0.1, -0.05) is 36.4 Å². The fourth-order valence-electron chi connectivity index (χ4n) is 5.11. The van der Waals surface area contributed by atoms with Crippen molar-refractivity contribution in [3.8, 4) is 11.3 Å². The van der Waals surface area contributed by atoms with E-state index in [2.05, 4.69) is 48.3 Å². The average Bonchev–Trinajstić information content (AvgIpc) is 3.11. The highest BCUT2D eigenvalue weighted by Gasteiger charge is 2.48. The van der Waals surface area contributed by atoms with Crippen molar-refractivity contribution in [3.63, 3.8) is 0 Å². The molecule has 33 heavy (non-hydrogen) atoms. The molecule has 164 valence electrons. The zero-order chi connectivity index (χ0) is 22.6. The van der Waals surface area contributed by atoms with E-state index in [4.69, 9.17) is 15.8 Å². The number of benzene rings is 2. The molecule has 0 bridgehead atoms. The number of aryl methyl sites for hydroxylation is 1. The topological polar surface area (TPSA) is 83.9 Å². The maximum atomic E-state index is 9.46. The number of hydrogen-bond acceptors (Lipinski definition) is 5. The Balaban J connectivity index is 1.45. The van der Waals surface area contributed by atoms with Crippen LogP contribution < -0.4 is 5.84 Å². The summed E-state index contributed by atoms with van der Waals surface area (Å²) < 4.78 is 0.0159. The number of nitrogens with zero attached hydrogens (tertiary/aromatic N) is 4. The molecule has 1 saturated carbocycles. The number of hydrogen-bond donors (Lipinski definition) is 2. The molecule has 0 amide bonds. The molecule has 6 rings (SSSR count). The third kappa shape index (κ3) is 3.18. The second-order valence-electron chi connectivity index (χ2n) is 9.20. The van der Waals surface area contributed by atoms with Crippen molar-refractivity contribution in [3.05, 3.63) is 89.5 Å². The number of fused-ring (bicyclic) bond motifs is 2. The van der Waals surface area contributed by atoms with Crippen LogP contribution in [0.2, 0.25) is 0 Å². The molecule has 1 aliphatic carbocycles. The van der Waals surface area contributed by atoms with Gasteiger partial charge < -0.3 is 5.11 Å². The van der Waals surface area contributed by atoms with E-state index in [0.29, 0.717) is 11.8 Å². The van der Waals surface area contributed by atoms with Crippen LogP contribution in [0.4, 0.5) is 0 Å². The smallest absolute Gasteiger partial charge is 0.264 e. The summed E-state index contributed by atoms with van der Waals surface area (Å²) in [6.07, 6.45) is 7.31. The molecule has 3 aliphatic rings. The molecule has 6 heteroatoms. The van der Waals surface area contributed by atoms with Gasteiger partial charge in [0.15, 0.2) is 0 Å². The predicted octanol–water partition coefficient (Wildman–Crippen LogP) is 4.45. The fourth-order valence-corrected chi connectivity index (χ4v) is 5.11. The Hall–Kier alpha value is -3.45. The second-order valence-corrected chi connectivity index (χ2v) is 9.20. The Bertz CT molecular complexity index is 1380. The van der Waals surface area contributed by atoms with Gasteiger partial charge >= 0.3 is 0 Å². The van der Waals surface area contributed by atoms with Gasteiger partial charge in [-0.15, -0.1) is 4.59 Å². The SMILES string of the molecule is Cc1cc(-c2ccccc2)nc2cc(C3=NC(C4CC(CO)C4)=C4C=NC=C[N+]34N)ccc12. The summed E-state index contributed by atoms with van der Waals surface area (Å²) in [6.45, 7) is 2.35. The van der Waals surface area contributed by atoms with Crippen LogP contribution in [0.1, 0.15) is 24.0 Å². The number of aromatic nitrogens is 1.